The van der Waals surface area contributed by atoms with Crippen molar-refractivity contribution in [2.45, 2.75) is 57.6 Å². The number of hydrogen-bond acceptors (Lipinski definition) is 4. The number of carbonyl (C=O) groups is 1. The predicted molar refractivity (Wildman–Crippen MR) is 154 cm³/mol. The maximum atomic E-state index is 12.7. The number of piperidine rings is 1. The second-order valence-electron chi connectivity index (χ2n) is 11.1. The molecule has 1 saturated heterocycles. The first kappa shape index (κ1) is 26.3. The van der Waals surface area contributed by atoms with E-state index >= 15 is 0 Å². The third kappa shape index (κ3) is 6.20. The van der Waals surface area contributed by atoms with Crippen LogP contribution in [0.2, 0.25) is 0 Å². The van der Waals surface area contributed by atoms with Crippen LogP contribution in [0.15, 0.2) is 66.7 Å². The van der Waals surface area contributed by atoms with E-state index in [4.69, 9.17) is 4.74 Å². The van der Waals surface area contributed by atoms with Gasteiger partial charge in [0.05, 0.1) is 5.52 Å². The van der Waals surface area contributed by atoms with Gasteiger partial charge in [-0.2, -0.15) is 0 Å². The normalized spacial score (nSPS) is 15.2. The first-order chi connectivity index (χ1) is 18.4. The average molecular weight is 514 g/mol. The lowest BCUT2D eigenvalue weighted by atomic mass is 9.94. The zero-order chi connectivity index (χ0) is 26.5. The third-order valence-electron chi connectivity index (χ3n) is 7.62. The summed E-state index contributed by atoms with van der Waals surface area (Å²) in [4.78, 5) is 18.1. The number of ether oxygens (including phenoxy) is 1. The molecule has 4 aromatic rings. The van der Waals surface area contributed by atoms with Gasteiger partial charge in [-0.05, 0) is 81.8 Å². The molecule has 1 aromatic heterocycles. The minimum Gasteiger partial charge on any atom is -0.490 e. The number of hydrogen-bond donors (Lipinski definition) is 3. The largest absolute Gasteiger partial charge is 0.490 e. The van der Waals surface area contributed by atoms with Crippen molar-refractivity contribution in [3.05, 3.63) is 77.9 Å². The molecule has 0 bridgehead atoms. The van der Waals surface area contributed by atoms with Gasteiger partial charge in [0.1, 0.15) is 18.5 Å². The van der Waals surface area contributed by atoms with E-state index in [9.17, 15) is 9.90 Å². The molecule has 1 amide bonds. The van der Waals surface area contributed by atoms with E-state index in [1.165, 1.54) is 12.0 Å². The van der Waals surface area contributed by atoms with Crippen molar-refractivity contribution >= 4 is 27.7 Å². The second-order valence-corrected chi connectivity index (χ2v) is 11.1. The highest BCUT2D eigenvalue weighted by Gasteiger charge is 2.21. The highest BCUT2D eigenvalue weighted by atomic mass is 16.5. The molecular weight excluding hydrogens is 474 g/mol. The first-order valence-corrected chi connectivity index (χ1v) is 13.8. The summed E-state index contributed by atoms with van der Waals surface area (Å²) >= 11 is 0. The Labute approximate surface area is 225 Å². The van der Waals surface area contributed by atoms with Gasteiger partial charge >= 0.3 is 0 Å². The Morgan fingerprint density at radius 3 is 2.53 bits per heavy atom. The Morgan fingerprint density at radius 2 is 1.74 bits per heavy atom. The first-order valence-electron chi connectivity index (χ1n) is 13.8. The van der Waals surface area contributed by atoms with E-state index in [2.05, 4.69) is 48.4 Å². The zero-order valence-electron chi connectivity index (χ0n) is 22.5. The van der Waals surface area contributed by atoms with Crippen LogP contribution < -0.4 is 10.1 Å². The Morgan fingerprint density at radius 1 is 1.00 bits per heavy atom. The van der Waals surface area contributed by atoms with Gasteiger partial charge in [-0.15, -0.1) is 0 Å². The van der Waals surface area contributed by atoms with E-state index in [1.54, 1.807) is 0 Å². The molecule has 0 saturated carbocycles. The molecule has 1 fully saturated rings. The predicted octanol–water partition coefficient (Wildman–Crippen LogP) is 5.69. The SMILES string of the molecule is CC(C)(CCc1ccc(C(=O)N2CCCCC2)cc1)NC[C@H](O)COc1cccc2[nH]c3ccccc3c12. The molecule has 0 spiro atoms. The number of likely N-dealkylation sites (tertiary alicyclic amines) is 1. The van der Waals surface area contributed by atoms with Gasteiger partial charge in [-0.1, -0.05) is 36.4 Å². The molecule has 6 nitrogen and oxygen atoms in total. The number of para-hydroxylation sites is 1. The van der Waals surface area contributed by atoms with Crippen molar-refractivity contribution in [3.63, 3.8) is 0 Å². The number of aromatic nitrogens is 1. The number of nitrogens with one attached hydrogen (secondary N) is 2. The lowest BCUT2D eigenvalue weighted by Gasteiger charge is -2.28. The van der Waals surface area contributed by atoms with Gasteiger partial charge in [0.15, 0.2) is 0 Å². The van der Waals surface area contributed by atoms with Crippen LogP contribution in [0.5, 0.6) is 5.75 Å². The number of carbonyl (C=O) groups excluding carboxylic acids is 1. The van der Waals surface area contributed by atoms with Gasteiger partial charge in [0, 0.05) is 47.0 Å². The van der Waals surface area contributed by atoms with Crippen molar-refractivity contribution < 1.29 is 14.6 Å². The molecule has 38 heavy (non-hydrogen) atoms. The number of benzene rings is 3. The molecule has 6 heteroatoms. The molecule has 3 N–H and O–H groups in total. The molecule has 0 aliphatic carbocycles. The Hall–Kier alpha value is -3.35. The molecule has 0 unspecified atom stereocenters. The maximum absolute atomic E-state index is 12.7. The van der Waals surface area contributed by atoms with E-state index in [0.717, 1.165) is 71.9 Å². The lowest BCUT2D eigenvalue weighted by molar-refractivity contribution is 0.0724. The van der Waals surface area contributed by atoms with Gasteiger partial charge in [-0.3, -0.25) is 4.79 Å². The Balaban J connectivity index is 1.10. The highest BCUT2D eigenvalue weighted by Crippen LogP contribution is 2.33. The summed E-state index contributed by atoms with van der Waals surface area (Å²) in [7, 11) is 0. The summed E-state index contributed by atoms with van der Waals surface area (Å²) < 4.78 is 6.08. The fraction of sp³-hybridized carbons (Fsp3) is 0.406. The molecule has 200 valence electrons. The van der Waals surface area contributed by atoms with Crippen LogP contribution in [0.1, 0.15) is 55.5 Å². The van der Waals surface area contributed by atoms with Crippen LogP contribution >= 0.6 is 0 Å². The summed E-state index contributed by atoms with van der Waals surface area (Å²) in [5.74, 6) is 0.927. The van der Waals surface area contributed by atoms with E-state index in [-0.39, 0.29) is 18.1 Å². The Bertz CT molecular complexity index is 1370. The molecule has 0 radical (unpaired) electrons. The molecular formula is C32H39N3O3. The van der Waals surface area contributed by atoms with E-state index < -0.39 is 6.10 Å². The number of aliphatic hydroxyl groups is 1. The van der Waals surface area contributed by atoms with E-state index in [1.807, 2.05) is 47.4 Å². The summed E-state index contributed by atoms with van der Waals surface area (Å²) in [6.07, 6.45) is 4.61. The number of rotatable bonds is 10. The topological polar surface area (TPSA) is 77.6 Å². The van der Waals surface area contributed by atoms with Crippen LogP contribution in [-0.2, 0) is 6.42 Å². The number of nitrogens with zero attached hydrogens (tertiary/aromatic N) is 1. The minimum atomic E-state index is -0.630. The van der Waals surface area contributed by atoms with Gasteiger partial charge in [0.2, 0.25) is 0 Å². The van der Waals surface area contributed by atoms with Crippen LogP contribution in [0.4, 0.5) is 0 Å². The van der Waals surface area contributed by atoms with E-state index in [0.29, 0.717) is 6.54 Å². The van der Waals surface area contributed by atoms with Crippen molar-refractivity contribution in [1.29, 1.82) is 0 Å². The van der Waals surface area contributed by atoms with Crippen LogP contribution in [0.25, 0.3) is 21.8 Å². The molecule has 1 atom stereocenters. The third-order valence-corrected chi connectivity index (χ3v) is 7.62. The molecule has 1 aliphatic rings. The lowest BCUT2D eigenvalue weighted by Crippen LogP contribution is -2.45. The smallest absolute Gasteiger partial charge is 0.253 e. The van der Waals surface area contributed by atoms with Gasteiger partial charge in [0.25, 0.3) is 5.91 Å². The van der Waals surface area contributed by atoms with Crippen LogP contribution in [-0.4, -0.2) is 58.8 Å². The molecule has 1 aliphatic heterocycles. The maximum Gasteiger partial charge on any atom is 0.253 e. The summed E-state index contributed by atoms with van der Waals surface area (Å²) in [6.45, 7) is 6.71. The fourth-order valence-corrected chi connectivity index (χ4v) is 5.27. The zero-order valence-corrected chi connectivity index (χ0v) is 22.5. The molecule has 5 rings (SSSR count). The highest BCUT2D eigenvalue weighted by molar-refractivity contribution is 6.10. The summed E-state index contributed by atoms with van der Waals surface area (Å²) in [5, 5.41) is 16.3. The summed E-state index contributed by atoms with van der Waals surface area (Å²) in [5.41, 5.74) is 3.94. The number of aliphatic hydroxyl groups excluding tert-OH is 1. The van der Waals surface area contributed by atoms with Crippen molar-refractivity contribution in [1.82, 2.24) is 15.2 Å². The number of fused-ring (bicyclic) bond motifs is 3. The Kier molecular flexibility index (Phi) is 8.01. The van der Waals surface area contributed by atoms with Crippen molar-refractivity contribution in [2.24, 2.45) is 0 Å². The standard InChI is InChI=1S/C32H39N3O3/c1-32(2,18-17-23-13-15-24(16-14-23)31(37)35-19-6-3-7-20-35)33-21-25(36)22-38-29-12-8-11-28-30(29)26-9-4-5-10-27(26)34-28/h4-5,8-16,25,33-34,36H,3,6-7,17-22H2,1-2H3/t25-/m0/s1. The second kappa shape index (κ2) is 11.6. The van der Waals surface area contributed by atoms with Gasteiger partial charge in [-0.25, -0.2) is 0 Å². The van der Waals surface area contributed by atoms with Crippen LogP contribution in [0.3, 0.4) is 0 Å². The number of H-pyrrole nitrogens is 1. The van der Waals surface area contributed by atoms with Crippen molar-refractivity contribution in [2.75, 3.05) is 26.2 Å². The van der Waals surface area contributed by atoms with Gasteiger partial charge < -0.3 is 25.0 Å². The average Bonchev–Trinajstić information content (AvgIpc) is 3.34. The van der Waals surface area contributed by atoms with Crippen LogP contribution in [0, 0.1) is 0 Å². The fourth-order valence-electron chi connectivity index (χ4n) is 5.27. The minimum absolute atomic E-state index is 0.149. The monoisotopic (exact) mass is 513 g/mol. The molecule has 2 heterocycles. The number of aromatic amines is 1. The number of aryl methyl sites for hydroxylation is 1. The summed E-state index contributed by atoms with van der Waals surface area (Å²) in [6, 6.07) is 22.2. The quantitative estimate of drug-likeness (QED) is 0.255. The molecule has 3 aromatic carbocycles. The number of amides is 1. The van der Waals surface area contributed by atoms with Crippen molar-refractivity contribution in [3.8, 4) is 5.75 Å². The number of β-amino-alcohol motifs (C(OH)–C–C–N with tert-alkyl or cyclic N) is 1.